The molecule has 3 heteroatoms. The molecule has 0 radical (unpaired) electrons. The number of aliphatic hydroxyl groups is 1. The van der Waals surface area contributed by atoms with E-state index in [1.54, 1.807) is 0 Å². The molecule has 1 atom stereocenters. The molecule has 1 unspecified atom stereocenters. The second-order valence-corrected chi connectivity index (χ2v) is 14.8. The summed E-state index contributed by atoms with van der Waals surface area (Å²) in [5, 5.41) is 13.5. The zero-order chi connectivity index (χ0) is 23.1. The molecule has 1 fully saturated rings. The predicted molar refractivity (Wildman–Crippen MR) is 145 cm³/mol. The van der Waals surface area contributed by atoms with Crippen molar-refractivity contribution in [2.75, 3.05) is 0 Å². The average Bonchev–Trinajstić information content (AvgIpc) is 2.67. The van der Waals surface area contributed by atoms with Gasteiger partial charge in [-0.15, -0.1) is 9.24 Å². The van der Waals surface area contributed by atoms with E-state index in [1.807, 2.05) is 0 Å². The van der Waals surface area contributed by atoms with Crippen molar-refractivity contribution in [3.05, 3.63) is 83.4 Å². The van der Waals surface area contributed by atoms with Crippen LogP contribution in [-0.4, -0.2) is 21.5 Å². The number of aryl methyl sites for hydroxylation is 1. The van der Waals surface area contributed by atoms with Crippen molar-refractivity contribution in [3.63, 3.8) is 0 Å². The number of aliphatic hydroxyl groups excluding tert-OH is 1. The minimum Gasteiger partial charge on any atom is -0.393 e. The fourth-order valence-electron chi connectivity index (χ4n) is 5.93. The van der Waals surface area contributed by atoms with E-state index < -0.39 is 7.92 Å². The summed E-state index contributed by atoms with van der Waals surface area (Å²) in [4.78, 5) is 0. The van der Waals surface area contributed by atoms with E-state index in [0.717, 1.165) is 19.3 Å². The van der Waals surface area contributed by atoms with Crippen LogP contribution in [-0.2, 0) is 6.42 Å². The van der Waals surface area contributed by atoms with Crippen molar-refractivity contribution in [1.29, 1.82) is 0 Å². The highest BCUT2D eigenvalue weighted by atomic mass is 31.1. The third-order valence-electron chi connectivity index (χ3n) is 6.73. The Morgan fingerprint density at radius 2 is 1.50 bits per heavy atom. The molecule has 0 spiro atoms. The summed E-state index contributed by atoms with van der Waals surface area (Å²) in [6.45, 7) is 11.6. The molecule has 1 heterocycles. The molecule has 1 aliphatic heterocycles. The van der Waals surface area contributed by atoms with Gasteiger partial charge in [0.05, 0.1) is 6.10 Å². The summed E-state index contributed by atoms with van der Waals surface area (Å²) >= 11 is 0. The lowest BCUT2D eigenvalue weighted by Crippen LogP contribution is -2.45. The van der Waals surface area contributed by atoms with Gasteiger partial charge in [-0.05, 0) is 69.4 Å². The fraction of sp³-hybridized carbons (Fsp3) is 0.379. The van der Waals surface area contributed by atoms with Crippen molar-refractivity contribution in [2.45, 2.75) is 70.3 Å². The van der Waals surface area contributed by atoms with Gasteiger partial charge in [-0.1, -0.05) is 108 Å². The highest BCUT2D eigenvalue weighted by molar-refractivity contribution is 7.69. The molecule has 1 nitrogen and oxygen atoms in total. The maximum absolute atomic E-state index is 10.6. The first-order chi connectivity index (χ1) is 15.1. The highest BCUT2D eigenvalue weighted by Gasteiger charge is 2.48. The summed E-state index contributed by atoms with van der Waals surface area (Å²) in [5.41, 5.74) is 6.76. The molecule has 1 saturated heterocycles. The van der Waals surface area contributed by atoms with E-state index in [0.29, 0.717) is 0 Å². The summed E-state index contributed by atoms with van der Waals surface area (Å²) < 4.78 is 0. The van der Waals surface area contributed by atoms with E-state index >= 15 is 0 Å². The van der Waals surface area contributed by atoms with E-state index in [9.17, 15) is 5.11 Å². The van der Waals surface area contributed by atoms with Crippen LogP contribution >= 0.6 is 17.2 Å². The Labute approximate surface area is 197 Å². The first-order valence-electron chi connectivity index (χ1n) is 11.6. The second-order valence-electron chi connectivity index (χ2n) is 10.6. The van der Waals surface area contributed by atoms with Crippen LogP contribution in [0.15, 0.2) is 66.7 Å². The first kappa shape index (κ1) is 23.6. The number of hydrogen-bond donors (Lipinski definition) is 1. The lowest BCUT2D eigenvalue weighted by molar-refractivity contribution is 0.125. The Kier molecular flexibility index (Phi) is 6.66. The molecule has 0 aromatic heterocycles. The molecular formula is C29H36OP2. The van der Waals surface area contributed by atoms with Gasteiger partial charge in [-0.2, -0.15) is 0 Å². The van der Waals surface area contributed by atoms with E-state index in [2.05, 4.69) is 111 Å². The molecule has 3 aromatic carbocycles. The van der Waals surface area contributed by atoms with Crippen molar-refractivity contribution >= 4 is 27.8 Å². The quantitative estimate of drug-likeness (QED) is 0.435. The monoisotopic (exact) mass is 462 g/mol. The van der Waals surface area contributed by atoms with E-state index in [4.69, 9.17) is 0 Å². The largest absolute Gasteiger partial charge is 0.393 e. The average molecular weight is 463 g/mol. The van der Waals surface area contributed by atoms with Crippen molar-refractivity contribution in [3.8, 4) is 11.1 Å². The molecule has 0 aliphatic carbocycles. The van der Waals surface area contributed by atoms with Crippen LogP contribution in [0.25, 0.3) is 11.1 Å². The molecule has 4 rings (SSSR count). The zero-order valence-electron chi connectivity index (χ0n) is 20.0. The maximum atomic E-state index is 10.6. The predicted octanol–water partition coefficient (Wildman–Crippen LogP) is 6.57. The van der Waals surface area contributed by atoms with Crippen molar-refractivity contribution in [1.82, 2.24) is 0 Å². The third-order valence-corrected chi connectivity index (χ3v) is 10.8. The lowest BCUT2D eigenvalue weighted by atomic mass is 9.93. The molecule has 0 bridgehead atoms. The summed E-state index contributed by atoms with van der Waals surface area (Å²) in [6, 6.07) is 24.5. The van der Waals surface area contributed by atoms with Crippen LogP contribution in [0, 0.1) is 6.92 Å². The van der Waals surface area contributed by atoms with Gasteiger partial charge in [0, 0.05) is 0 Å². The minimum atomic E-state index is -0.485. The number of hydrogen-bond acceptors (Lipinski definition) is 1. The Hall–Kier alpha value is -1.52. The second kappa shape index (κ2) is 9.02. The molecule has 32 heavy (non-hydrogen) atoms. The van der Waals surface area contributed by atoms with Gasteiger partial charge in [0.1, 0.15) is 0 Å². The topological polar surface area (TPSA) is 20.2 Å². The smallest absolute Gasteiger partial charge is 0.0557 e. The van der Waals surface area contributed by atoms with Crippen LogP contribution in [0.5, 0.6) is 0 Å². The summed E-state index contributed by atoms with van der Waals surface area (Å²) in [5.74, 6) is 0. The molecular weight excluding hydrogens is 426 g/mol. The maximum Gasteiger partial charge on any atom is 0.0557 e. The van der Waals surface area contributed by atoms with Crippen LogP contribution in [0.1, 0.15) is 57.2 Å². The SMILES string of the molecule is Cc1cc(P)c(-c2ccccc2P2C(C)(C)CC(O)CC2(C)C)c(Cc2ccccc2)c1. The van der Waals surface area contributed by atoms with Gasteiger partial charge in [0.15, 0.2) is 0 Å². The van der Waals surface area contributed by atoms with Gasteiger partial charge in [0.2, 0.25) is 0 Å². The molecule has 0 amide bonds. The van der Waals surface area contributed by atoms with Gasteiger partial charge in [-0.3, -0.25) is 0 Å². The van der Waals surface area contributed by atoms with Crippen LogP contribution in [0.4, 0.5) is 0 Å². The standard InChI is InChI=1S/C29H36OP2/c1-20-15-22(17-21-11-7-6-8-12-21)27(25(31)16-20)24-13-9-10-14-26(24)32-28(2,3)18-23(30)19-29(32,4)5/h6-16,23,30H,17-19,31H2,1-5H3. The fourth-order valence-corrected chi connectivity index (χ4v) is 10.9. The Balaban J connectivity index is 1.90. The summed E-state index contributed by atoms with van der Waals surface area (Å²) in [7, 11) is 2.52. The zero-order valence-corrected chi connectivity index (χ0v) is 22.1. The van der Waals surface area contributed by atoms with Crippen LogP contribution < -0.4 is 10.6 Å². The first-order valence-corrected chi connectivity index (χ1v) is 13.5. The van der Waals surface area contributed by atoms with Crippen molar-refractivity contribution in [2.24, 2.45) is 0 Å². The third kappa shape index (κ3) is 4.72. The normalized spacial score (nSPS) is 22.0. The van der Waals surface area contributed by atoms with Crippen LogP contribution in [0.2, 0.25) is 0 Å². The van der Waals surface area contributed by atoms with Crippen LogP contribution in [0.3, 0.4) is 0 Å². The Morgan fingerprint density at radius 3 is 2.16 bits per heavy atom. The Bertz CT molecular complexity index is 1080. The van der Waals surface area contributed by atoms with E-state index in [1.165, 1.54) is 38.4 Å². The highest BCUT2D eigenvalue weighted by Crippen LogP contribution is 2.65. The lowest BCUT2D eigenvalue weighted by Gasteiger charge is -2.52. The molecule has 168 valence electrons. The van der Waals surface area contributed by atoms with Gasteiger partial charge in [-0.25, -0.2) is 0 Å². The molecule has 3 aromatic rings. The minimum absolute atomic E-state index is 0.0813. The molecule has 0 saturated carbocycles. The van der Waals surface area contributed by atoms with E-state index in [-0.39, 0.29) is 16.4 Å². The molecule has 1 aliphatic rings. The van der Waals surface area contributed by atoms with Gasteiger partial charge >= 0.3 is 0 Å². The molecule has 1 N–H and O–H groups in total. The van der Waals surface area contributed by atoms with Crippen molar-refractivity contribution < 1.29 is 5.11 Å². The van der Waals surface area contributed by atoms with Gasteiger partial charge in [0.25, 0.3) is 0 Å². The van der Waals surface area contributed by atoms with Gasteiger partial charge < -0.3 is 5.11 Å². The Morgan fingerprint density at radius 1 is 0.906 bits per heavy atom. The summed E-state index contributed by atoms with van der Waals surface area (Å²) in [6.07, 6.45) is 2.46. The number of benzene rings is 3. The number of rotatable bonds is 4.